The van der Waals surface area contributed by atoms with Crippen molar-refractivity contribution in [1.82, 2.24) is 4.57 Å². The average Bonchev–Trinajstić information content (AvgIpc) is 2.67. The Kier molecular flexibility index (Phi) is 2.92. The van der Waals surface area contributed by atoms with Crippen molar-refractivity contribution in [3.05, 3.63) is 36.0 Å². The topological polar surface area (TPSA) is 22.0 Å². The summed E-state index contributed by atoms with van der Waals surface area (Å²) >= 11 is 0. The predicted octanol–water partition coefficient (Wildman–Crippen LogP) is 3.41. The molecule has 17 heavy (non-hydrogen) atoms. The molecule has 90 valence electrons. The zero-order chi connectivity index (χ0) is 12.5. The van der Waals surface area contributed by atoms with E-state index in [0.29, 0.717) is 17.4 Å². The van der Waals surface area contributed by atoms with Gasteiger partial charge in [-0.25, -0.2) is 0 Å². The Labute approximate surface area is 95.7 Å². The monoisotopic (exact) mass is 241 g/mol. The van der Waals surface area contributed by atoms with Gasteiger partial charge >= 0.3 is 6.18 Å². The van der Waals surface area contributed by atoms with Crippen LogP contribution in [0.4, 0.5) is 13.2 Å². The van der Waals surface area contributed by atoms with Gasteiger partial charge in [-0.15, -0.1) is 0 Å². The van der Waals surface area contributed by atoms with Crippen LogP contribution in [0.3, 0.4) is 0 Å². The first-order valence-corrected chi connectivity index (χ1v) is 5.10. The Bertz CT molecular complexity index is 542. The average molecular weight is 241 g/mol. The summed E-state index contributed by atoms with van der Waals surface area (Å²) in [5.41, 5.74) is 1.11. The van der Waals surface area contributed by atoms with Crippen molar-refractivity contribution in [2.24, 2.45) is 0 Å². The lowest BCUT2D eigenvalue weighted by atomic mass is 10.2. The molecule has 0 saturated heterocycles. The van der Waals surface area contributed by atoms with Gasteiger partial charge in [-0.1, -0.05) is 12.1 Å². The van der Waals surface area contributed by atoms with Crippen molar-refractivity contribution in [2.75, 3.05) is 0 Å². The van der Waals surface area contributed by atoms with Gasteiger partial charge < -0.3 is 4.57 Å². The fraction of sp³-hybridized carbons (Fsp3) is 0.250. The number of carbonyl (C=O) groups excluding carboxylic acids is 1. The van der Waals surface area contributed by atoms with Crippen LogP contribution in [0.5, 0.6) is 0 Å². The van der Waals surface area contributed by atoms with E-state index in [2.05, 4.69) is 0 Å². The molecule has 0 radical (unpaired) electrons. The molecule has 2 nitrogen and oxygen atoms in total. The maximum atomic E-state index is 12.1. The summed E-state index contributed by atoms with van der Waals surface area (Å²) in [6.07, 6.45) is -2.76. The Morgan fingerprint density at radius 2 is 2.00 bits per heavy atom. The minimum Gasteiger partial charge on any atom is -0.347 e. The molecule has 0 amide bonds. The lowest BCUT2D eigenvalue weighted by Gasteiger charge is -2.08. The lowest BCUT2D eigenvalue weighted by molar-refractivity contribution is -0.136. The van der Waals surface area contributed by atoms with E-state index in [4.69, 9.17) is 0 Å². The highest BCUT2D eigenvalue weighted by Gasteiger charge is 2.26. The molecule has 1 aromatic carbocycles. The van der Waals surface area contributed by atoms with Crippen molar-refractivity contribution in [2.45, 2.75) is 19.1 Å². The molecule has 0 atom stereocenters. The van der Waals surface area contributed by atoms with Crippen LogP contribution < -0.4 is 0 Å². The number of carbonyl (C=O) groups is 1. The molecule has 0 spiro atoms. The molecule has 0 aliphatic heterocycles. The first kappa shape index (κ1) is 11.7. The zero-order valence-electron chi connectivity index (χ0n) is 8.87. The normalized spacial score (nSPS) is 11.9. The molecule has 5 heteroatoms. The van der Waals surface area contributed by atoms with Gasteiger partial charge in [-0.2, -0.15) is 13.2 Å². The van der Waals surface area contributed by atoms with Gasteiger partial charge in [0.1, 0.15) is 6.29 Å². The predicted molar refractivity (Wildman–Crippen MR) is 58.0 cm³/mol. The number of halogens is 3. The third-order valence-electron chi connectivity index (χ3n) is 2.57. The molecule has 0 N–H and O–H groups in total. The van der Waals surface area contributed by atoms with Gasteiger partial charge in [0.15, 0.2) is 0 Å². The van der Waals surface area contributed by atoms with Crippen molar-refractivity contribution in [3.8, 4) is 0 Å². The molecule has 0 unspecified atom stereocenters. The first-order valence-electron chi connectivity index (χ1n) is 5.10. The molecule has 2 rings (SSSR count). The Morgan fingerprint density at radius 1 is 1.24 bits per heavy atom. The van der Waals surface area contributed by atoms with E-state index in [9.17, 15) is 18.0 Å². The number of alkyl halides is 3. The van der Waals surface area contributed by atoms with Gasteiger partial charge in [0.05, 0.1) is 6.42 Å². The van der Waals surface area contributed by atoms with Gasteiger partial charge in [0.25, 0.3) is 0 Å². The van der Waals surface area contributed by atoms with Crippen LogP contribution in [-0.2, 0) is 6.54 Å². The summed E-state index contributed by atoms with van der Waals surface area (Å²) in [5.74, 6) is 0. The van der Waals surface area contributed by atoms with Gasteiger partial charge in [0, 0.05) is 23.8 Å². The maximum absolute atomic E-state index is 12.1. The van der Waals surface area contributed by atoms with Crippen LogP contribution in [0.25, 0.3) is 10.9 Å². The van der Waals surface area contributed by atoms with E-state index in [-0.39, 0.29) is 6.54 Å². The summed E-state index contributed by atoms with van der Waals surface area (Å²) in [7, 11) is 0. The van der Waals surface area contributed by atoms with Crippen LogP contribution in [-0.4, -0.2) is 17.0 Å². The van der Waals surface area contributed by atoms with E-state index >= 15 is 0 Å². The number of hydrogen-bond donors (Lipinski definition) is 0. The highest BCUT2D eigenvalue weighted by atomic mass is 19.4. The molecule has 1 heterocycles. The Hall–Kier alpha value is -1.78. The molecule has 1 aromatic heterocycles. The second-order valence-electron chi connectivity index (χ2n) is 3.81. The van der Waals surface area contributed by atoms with Gasteiger partial charge in [-0.05, 0) is 17.5 Å². The minimum atomic E-state index is -4.17. The molecule has 0 saturated carbocycles. The number of fused-ring (bicyclic) bond motifs is 1. The second-order valence-corrected chi connectivity index (χ2v) is 3.81. The zero-order valence-corrected chi connectivity index (χ0v) is 8.87. The molecule has 0 aliphatic rings. The second kappa shape index (κ2) is 4.24. The number of benzene rings is 1. The van der Waals surface area contributed by atoms with Crippen molar-refractivity contribution in [1.29, 1.82) is 0 Å². The third-order valence-corrected chi connectivity index (χ3v) is 2.57. The highest BCUT2D eigenvalue weighted by molar-refractivity contribution is 5.87. The third kappa shape index (κ3) is 2.67. The fourth-order valence-corrected chi connectivity index (χ4v) is 1.72. The van der Waals surface area contributed by atoms with E-state index in [1.165, 1.54) is 4.57 Å². The van der Waals surface area contributed by atoms with Gasteiger partial charge in [-0.3, -0.25) is 4.79 Å². The van der Waals surface area contributed by atoms with Crippen LogP contribution in [0.1, 0.15) is 16.8 Å². The smallest absolute Gasteiger partial charge is 0.347 e. The fourth-order valence-electron chi connectivity index (χ4n) is 1.72. The molecular weight excluding hydrogens is 231 g/mol. The standard InChI is InChI=1S/C12H10F3NO/c13-12(14,15)4-6-16-5-3-10-2-1-9(8-17)7-11(10)16/h1-3,5,7-8H,4,6H2. The number of aromatic nitrogens is 1. The number of aryl methyl sites for hydroxylation is 1. The van der Waals surface area contributed by atoms with Crippen molar-refractivity contribution < 1.29 is 18.0 Å². The number of aldehydes is 1. The number of nitrogens with zero attached hydrogens (tertiary/aromatic N) is 1. The van der Waals surface area contributed by atoms with Crippen LogP contribution in [0, 0.1) is 0 Å². The summed E-state index contributed by atoms with van der Waals surface area (Å²) < 4.78 is 37.9. The van der Waals surface area contributed by atoms with Crippen LogP contribution in [0.2, 0.25) is 0 Å². The van der Waals surface area contributed by atoms with E-state index < -0.39 is 12.6 Å². The minimum absolute atomic E-state index is 0.130. The van der Waals surface area contributed by atoms with Crippen LogP contribution >= 0.6 is 0 Å². The Morgan fingerprint density at radius 3 is 2.65 bits per heavy atom. The summed E-state index contributed by atoms with van der Waals surface area (Å²) in [4.78, 5) is 10.6. The van der Waals surface area contributed by atoms with E-state index in [0.717, 1.165) is 5.39 Å². The van der Waals surface area contributed by atoms with E-state index in [1.807, 2.05) is 0 Å². The SMILES string of the molecule is O=Cc1ccc2ccn(CCC(F)(F)F)c2c1. The molecular formula is C12H10F3NO. The van der Waals surface area contributed by atoms with Crippen molar-refractivity contribution >= 4 is 17.2 Å². The van der Waals surface area contributed by atoms with Crippen molar-refractivity contribution in [3.63, 3.8) is 0 Å². The number of hydrogen-bond acceptors (Lipinski definition) is 1. The summed E-state index contributed by atoms with van der Waals surface area (Å²) in [6.45, 7) is -0.130. The lowest BCUT2D eigenvalue weighted by Crippen LogP contribution is -2.11. The maximum Gasteiger partial charge on any atom is 0.390 e. The molecule has 0 fully saturated rings. The first-order chi connectivity index (χ1) is 7.99. The van der Waals surface area contributed by atoms with Gasteiger partial charge in [0.2, 0.25) is 0 Å². The largest absolute Gasteiger partial charge is 0.390 e. The summed E-state index contributed by atoms with van der Waals surface area (Å²) in [5, 5.41) is 0.831. The Balaban J connectivity index is 2.31. The summed E-state index contributed by atoms with van der Waals surface area (Å²) in [6, 6.07) is 6.70. The quantitative estimate of drug-likeness (QED) is 0.755. The molecule has 0 aliphatic carbocycles. The van der Waals surface area contributed by atoms with Crippen LogP contribution in [0.15, 0.2) is 30.5 Å². The number of rotatable bonds is 3. The molecule has 2 aromatic rings. The highest BCUT2D eigenvalue weighted by Crippen LogP contribution is 2.23. The molecule has 0 bridgehead atoms. The van der Waals surface area contributed by atoms with E-state index in [1.54, 1.807) is 30.5 Å².